The highest BCUT2D eigenvalue weighted by atomic mass is 16.5. The van der Waals surface area contributed by atoms with E-state index in [2.05, 4.69) is 28.7 Å². The molecule has 1 aromatic heterocycles. The van der Waals surface area contributed by atoms with Gasteiger partial charge in [0.25, 0.3) is 0 Å². The maximum absolute atomic E-state index is 12.2. The molecule has 2 aromatic rings. The topological polar surface area (TPSA) is 65.4 Å². The molecule has 1 amide bonds. The van der Waals surface area contributed by atoms with Crippen molar-refractivity contribution in [1.29, 1.82) is 0 Å². The van der Waals surface area contributed by atoms with E-state index in [0.29, 0.717) is 24.1 Å². The van der Waals surface area contributed by atoms with E-state index in [1.165, 1.54) is 12.8 Å². The molecule has 0 bridgehead atoms. The average Bonchev–Trinajstić information content (AvgIpc) is 3.22. The molecule has 1 saturated carbocycles. The van der Waals surface area contributed by atoms with Crippen molar-refractivity contribution in [2.45, 2.75) is 58.5 Å². The molecule has 6 nitrogen and oxygen atoms in total. The average molecular weight is 412 g/mol. The minimum absolute atomic E-state index is 0.0414. The summed E-state index contributed by atoms with van der Waals surface area (Å²) < 4.78 is 13.5. The molecule has 1 fully saturated rings. The minimum atomic E-state index is -0.0414. The van der Waals surface area contributed by atoms with Crippen molar-refractivity contribution >= 4 is 12.0 Å². The third-order valence-corrected chi connectivity index (χ3v) is 5.70. The number of carbonyl (C=O) groups excluding carboxylic acids is 1. The zero-order valence-corrected chi connectivity index (χ0v) is 18.3. The van der Waals surface area contributed by atoms with Crippen molar-refractivity contribution < 1.29 is 14.3 Å². The molecule has 162 valence electrons. The van der Waals surface area contributed by atoms with Gasteiger partial charge in [-0.05, 0) is 62.3 Å². The van der Waals surface area contributed by atoms with Crippen molar-refractivity contribution in [2.75, 3.05) is 13.7 Å². The second-order valence-corrected chi connectivity index (χ2v) is 7.94. The summed E-state index contributed by atoms with van der Waals surface area (Å²) in [5.74, 6) is 3.08. The van der Waals surface area contributed by atoms with Crippen LogP contribution in [0, 0.1) is 5.92 Å². The Morgan fingerprint density at radius 3 is 2.80 bits per heavy atom. The lowest BCUT2D eigenvalue weighted by molar-refractivity contribution is -0.117. The van der Waals surface area contributed by atoms with E-state index < -0.39 is 0 Å². The van der Waals surface area contributed by atoms with E-state index in [1.807, 2.05) is 36.7 Å². The number of nitrogens with one attached hydrogen (secondary N) is 1. The lowest BCUT2D eigenvalue weighted by Gasteiger charge is -2.26. The standard InChI is InChI=1S/C24H33N3O3/c1-4-27-15-14-25-23(27)13-16-30-21-11-7-19(17-22(21)29-3)8-12-24(28)26-20-9-5-18(2)6-10-20/h7-8,11-12,14-15,17-18,20H,4-6,9-10,13,16H2,1-3H3,(H,26,28)/b12-8+. The van der Waals surface area contributed by atoms with Gasteiger partial charge in [0, 0.05) is 37.5 Å². The summed E-state index contributed by atoms with van der Waals surface area (Å²) in [5, 5.41) is 3.11. The minimum Gasteiger partial charge on any atom is -0.493 e. The number of aromatic nitrogens is 2. The molecular formula is C24H33N3O3. The van der Waals surface area contributed by atoms with Crippen LogP contribution in [0.5, 0.6) is 11.5 Å². The van der Waals surface area contributed by atoms with Gasteiger partial charge in [0.15, 0.2) is 11.5 Å². The Kier molecular flexibility index (Phi) is 7.94. The van der Waals surface area contributed by atoms with Crippen LogP contribution in [0.3, 0.4) is 0 Å². The summed E-state index contributed by atoms with van der Waals surface area (Å²) in [6.07, 6.45) is 12.4. The first-order chi connectivity index (χ1) is 14.6. The van der Waals surface area contributed by atoms with Crippen LogP contribution in [0.15, 0.2) is 36.7 Å². The summed E-state index contributed by atoms with van der Waals surface area (Å²) in [7, 11) is 1.62. The van der Waals surface area contributed by atoms with E-state index in [-0.39, 0.29) is 5.91 Å². The number of ether oxygens (including phenoxy) is 2. The van der Waals surface area contributed by atoms with Crippen LogP contribution < -0.4 is 14.8 Å². The number of aryl methyl sites for hydroxylation is 1. The molecule has 0 saturated heterocycles. The Labute approximate surface area is 179 Å². The first kappa shape index (κ1) is 21.9. The van der Waals surface area contributed by atoms with E-state index in [9.17, 15) is 4.79 Å². The van der Waals surface area contributed by atoms with Gasteiger partial charge in [-0.3, -0.25) is 4.79 Å². The Bertz CT molecular complexity index is 851. The smallest absolute Gasteiger partial charge is 0.244 e. The van der Waals surface area contributed by atoms with Gasteiger partial charge < -0.3 is 19.4 Å². The highest BCUT2D eigenvalue weighted by Crippen LogP contribution is 2.29. The number of hydrogen-bond acceptors (Lipinski definition) is 4. The Hall–Kier alpha value is -2.76. The van der Waals surface area contributed by atoms with Crippen molar-refractivity contribution in [2.24, 2.45) is 5.92 Å². The molecule has 0 spiro atoms. The molecule has 0 radical (unpaired) electrons. The van der Waals surface area contributed by atoms with Crippen molar-refractivity contribution in [3.63, 3.8) is 0 Å². The van der Waals surface area contributed by atoms with Gasteiger partial charge in [0.05, 0.1) is 13.7 Å². The first-order valence-electron chi connectivity index (χ1n) is 10.9. The second-order valence-electron chi connectivity index (χ2n) is 7.94. The van der Waals surface area contributed by atoms with Crippen LogP contribution in [-0.2, 0) is 17.8 Å². The van der Waals surface area contributed by atoms with Crippen LogP contribution in [0.4, 0.5) is 0 Å². The van der Waals surface area contributed by atoms with Crippen LogP contribution >= 0.6 is 0 Å². The Morgan fingerprint density at radius 2 is 2.07 bits per heavy atom. The van der Waals surface area contributed by atoms with Crippen LogP contribution in [0.1, 0.15) is 50.9 Å². The van der Waals surface area contributed by atoms with Crippen molar-refractivity contribution in [3.05, 3.63) is 48.1 Å². The Morgan fingerprint density at radius 1 is 1.27 bits per heavy atom. The predicted octanol–water partition coefficient (Wildman–Crippen LogP) is 4.24. The normalized spacial score (nSPS) is 19.0. The van der Waals surface area contributed by atoms with Gasteiger partial charge in [-0.2, -0.15) is 0 Å². The lowest BCUT2D eigenvalue weighted by atomic mass is 9.87. The van der Waals surface area contributed by atoms with Crippen LogP contribution in [0.25, 0.3) is 6.08 Å². The van der Waals surface area contributed by atoms with Crippen LogP contribution in [0.2, 0.25) is 0 Å². The predicted molar refractivity (Wildman–Crippen MR) is 119 cm³/mol. The van der Waals surface area contributed by atoms with Crippen LogP contribution in [-0.4, -0.2) is 35.2 Å². The summed E-state index contributed by atoms with van der Waals surface area (Å²) in [4.78, 5) is 16.6. The van der Waals surface area contributed by atoms with E-state index in [1.54, 1.807) is 13.2 Å². The third-order valence-electron chi connectivity index (χ3n) is 5.70. The molecule has 0 unspecified atom stereocenters. The number of carbonyl (C=O) groups is 1. The molecule has 1 aromatic carbocycles. The first-order valence-corrected chi connectivity index (χ1v) is 10.9. The summed E-state index contributed by atoms with van der Waals surface area (Å²) in [5.41, 5.74) is 0.896. The molecule has 3 rings (SSSR count). The number of hydrogen-bond donors (Lipinski definition) is 1. The van der Waals surface area contributed by atoms with Gasteiger partial charge in [0.1, 0.15) is 5.82 Å². The quantitative estimate of drug-likeness (QED) is 0.627. The zero-order valence-electron chi connectivity index (χ0n) is 18.3. The summed E-state index contributed by atoms with van der Waals surface area (Å²) in [6, 6.07) is 5.99. The highest BCUT2D eigenvalue weighted by molar-refractivity contribution is 5.92. The van der Waals surface area contributed by atoms with E-state index in [4.69, 9.17) is 9.47 Å². The number of rotatable bonds is 9. The van der Waals surface area contributed by atoms with Crippen molar-refractivity contribution in [3.8, 4) is 11.5 Å². The molecule has 0 aliphatic heterocycles. The number of amides is 1. The molecule has 0 atom stereocenters. The number of methoxy groups -OCH3 is 1. The fourth-order valence-corrected chi connectivity index (χ4v) is 3.84. The number of imidazole rings is 1. The SMILES string of the molecule is CCn1ccnc1CCOc1ccc(/C=C/C(=O)NC2CCC(C)CC2)cc1OC. The maximum Gasteiger partial charge on any atom is 0.244 e. The Balaban J connectivity index is 1.52. The number of benzene rings is 1. The largest absolute Gasteiger partial charge is 0.493 e. The third kappa shape index (κ3) is 6.12. The molecule has 6 heteroatoms. The van der Waals surface area contributed by atoms with Crippen molar-refractivity contribution in [1.82, 2.24) is 14.9 Å². The molecule has 30 heavy (non-hydrogen) atoms. The molecule has 1 aliphatic rings. The maximum atomic E-state index is 12.2. The van der Waals surface area contributed by atoms with Gasteiger partial charge in [-0.25, -0.2) is 4.98 Å². The molecule has 1 N–H and O–H groups in total. The fraction of sp³-hybridized carbons (Fsp3) is 0.500. The summed E-state index contributed by atoms with van der Waals surface area (Å²) >= 11 is 0. The second kappa shape index (κ2) is 10.9. The number of nitrogens with zero attached hydrogens (tertiary/aromatic N) is 2. The van der Waals surface area contributed by atoms with Gasteiger partial charge in [-0.15, -0.1) is 0 Å². The molecular weight excluding hydrogens is 378 g/mol. The summed E-state index contributed by atoms with van der Waals surface area (Å²) in [6.45, 7) is 5.79. The van der Waals surface area contributed by atoms with Gasteiger partial charge in [0.2, 0.25) is 5.91 Å². The zero-order chi connectivity index (χ0) is 21.3. The lowest BCUT2D eigenvalue weighted by Crippen LogP contribution is -2.36. The van der Waals surface area contributed by atoms with Gasteiger partial charge >= 0.3 is 0 Å². The fourth-order valence-electron chi connectivity index (χ4n) is 3.84. The molecule has 1 aliphatic carbocycles. The van der Waals surface area contributed by atoms with E-state index >= 15 is 0 Å². The van der Waals surface area contributed by atoms with E-state index in [0.717, 1.165) is 43.1 Å². The monoisotopic (exact) mass is 411 g/mol. The van der Waals surface area contributed by atoms with Gasteiger partial charge in [-0.1, -0.05) is 13.0 Å². The molecule has 1 heterocycles. The highest BCUT2D eigenvalue weighted by Gasteiger charge is 2.18.